The molecule has 0 unspecified atom stereocenters. The summed E-state index contributed by atoms with van der Waals surface area (Å²) in [6.07, 6.45) is 6.28. The molecule has 1 aromatic carbocycles. The molecule has 13 heteroatoms. The Morgan fingerprint density at radius 1 is 0.927 bits per heavy atom. The minimum absolute atomic E-state index is 0.0494. The van der Waals surface area contributed by atoms with Gasteiger partial charge in [-0.25, -0.2) is 27.5 Å². The van der Waals surface area contributed by atoms with Gasteiger partial charge in [-0.3, -0.25) is 15.1 Å². The molecule has 0 spiro atoms. The maximum absolute atomic E-state index is 14.5. The standard InChI is InChI=1S/C28H26FN9O2S/c1-38(2)15-17-9-19(14-30-12-17)21-4-5-23-26(33-21)27(37-36-23)28-34-22-6-7-31-24(25(22)35-28)18-8-16(10-20(29)11-18)13-32-41(3,39)40/h4-12,14,32H,13,15H2,1-3H3,(H,34,35)(H,36,37). The largest absolute Gasteiger partial charge is 0.336 e. The van der Waals surface area contributed by atoms with Crippen LogP contribution >= 0.6 is 0 Å². The van der Waals surface area contributed by atoms with Gasteiger partial charge in [-0.2, -0.15) is 5.10 Å². The average molecular weight is 572 g/mol. The van der Waals surface area contributed by atoms with E-state index in [-0.39, 0.29) is 6.54 Å². The molecule has 6 aromatic rings. The van der Waals surface area contributed by atoms with Gasteiger partial charge in [-0.05, 0) is 67.7 Å². The molecule has 0 aliphatic heterocycles. The van der Waals surface area contributed by atoms with Crippen molar-refractivity contribution in [1.82, 2.24) is 44.7 Å². The third kappa shape index (κ3) is 5.68. The van der Waals surface area contributed by atoms with Gasteiger partial charge in [0.05, 0.1) is 28.7 Å². The number of H-pyrrole nitrogens is 2. The minimum Gasteiger partial charge on any atom is -0.336 e. The molecule has 0 aliphatic carbocycles. The second-order valence-electron chi connectivity index (χ2n) is 10.1. The van der Waals surface area contributed by atoms with Gasteiger partial charge >= 0.3 is 0 Å². The number of rotatable bonds is 8. The molecule has 0 bridgehead atoms. The Morgan fingerprint density at radius 2 is 1.73 bits per heavy atom. The third-order valence-corrected chi connectivity index (χ3v) is 7.06. The smallest absolute Gasteiger partial charge is 0.209 e. The number of aromatic nitrogens is 7. The number of benzene rings is 1. The summed E-state index contributed by atoms with van der Waals surface area (Å²) in [6, 6.07) is 12.0. The number of sulfonamides is 1. The maximum atomic E-state index is 14.5. The zero-order valence-corrected chi connectivity index (χ0v) is 23.3. The van der Waals surface area contributed by atoms with E-state index in [1.165, 1.54) is 12.1 Å². The van der Waals surface area contributed by atoms with E-state index in [9.17, 15) is 12.8 Å². The number of pyridine rings is 3. The van der Waals surface area contributed by atoms with E-state index in [0.29, 0.717) is 44.9 Å². The molecule has 5 aromatic heterocycles. The van der Waals surface area contributed by atoms with Crippen molar-refractivity contribution >= 4 is 32.1 Å². The summed E-state index contributed by atoms with van der Waals surface area (Å²) in [5, 5.41) is 7.50. The van der Waals surface area contributed by atoms with Crippen LogP contribution in [0.1, 0.15) is 11.1 Å². The summed E-state index contributed by atoms with van der Waals surface area (Å²) in [6.45, 7) is 0.711. The predicted octanol–water partition coefficient (Wildman–Crippen LogP) is 3.88. The molecule has 0 atom stereocenters. The fourth-order valence-corrected chi connectivity index (χ4v) is 5.10. The quantitative estimate of drug-likeness (QED) is 0.250. The van der Waals surface area contributed by atoms with Crippen molar-refractivity contribution in [1.29, 1.82) is 0 Å². The van der Waals surface area contributed by atoms with Crippen molar-refractivity contribution in [3.05, 3.63) is 78.0 Å². The molecule has 208 valence electrons. The number of hydrogen-bond donors (Lipinski definition) is 3. The molecule has 11 nitrogen and oxygen atoms in total. The van der Waals surface area contributed by atoms with E-state index in [0.717, 1.165) is 35.1 Å². The lowest BCUT2D eigenvalue weighted by molar-refractivity contribution is 0.402. The Bertz CT molecular complexity index is 2020. The van der Waals surface area contributed by atoms with Gasteiger partial charge in [-0.15, -0.1) is 0 Å². The summed E-state index contributed by atoms with van der Waals surface area (Å²) in [5.41, 5.74) is 7.19. The summed E-state index contributed by atoms with van der Waals surface area (Å²) in [4.78, 5) is 23.9. The monoisotopic (exact) mass is 571 g/mol. The van der Waals surface area contributed by atoms with Crippen molar-refractivity contribution in [2.75, 3.05) is 20.4 Å². The second-order valence-corrected chi connectivity index (χ2v) is 11.9. The molecule has 6 rings (SSSR count). The van der Waals surface area contributed by atoms with Crippen LogP contribution in [0.25, 0.3) is 56.1 Å². The van der Waals surface area contributed by atoms with Gasteiger partial charge < -0.3 is 9.88 Å². The second kappa shape index (κ2) is 10.4. The van der Waals surface area contributed by atoms with Crippen molar-refractivity contribution in [3.63, 3.8) is 0 Å². The first-order valence-electron chi connectivity index (χ1n) is 12.7. The van der Waals surface area contributed by atoms with E-state index in [2.05, 4.69) is 40.8 Å². The molecule has 0 saturated carbocycles. The lowest BCUT2D eigenvalue weighted by atomic mass is 10.1. The van der Waals surface area contributed by atoms with E-state index < -0.39 is 15.8 Å². The molecule has 0 amide bonds. The first-order chi connectivity index (χ1) is 19.6. The highest BCUT2D eigenvalue weighted by atomic mass is 32.2. The molecule has 0 aliphatic rings. The first-order valence-corrected chi connectivity index (χ1v) is 14.6. The average Bonchev–Trinajstić information content (AvgIpc) is 3.54. The molecule has 0 radical (unpaired) electrons. The fraction of sp³-hybridized carbons (Fsp3) is 0.179. The maximum Gasteiger partial charge on any atom is 0.209 e. The summed E-state index contributed by atoms with van der Waals surface area (Å²) >= 11 is 0. The van der Waals surface area contributed by atoms with Crippen LogP contribution in [0.4, 0.5) is 4.39 Å². The lowest BCUT2D eigenvalue weighted by Gasteiger charge is -2.10. The van der Waals surface area contributed by atoms with Gasteiger partial charge in [0.15, 0.2) is 11.5 Å². The van der Waals surface area contributed by atoms with Gasteiger partial charge in [-0.1, -0.05) is 0 Å². The highest BCUT2D eigenvalue weighted by Crippen LogP contribution is 2.31. The number of hydrogen-bond acceptors (Lipinski definition) is 8. The Kier molecular flexibility index (Phi) is 6.77. The number of nitrogens with one attached hydrogen (secondary N) is 3. The van der Waals surface area contributed by atoms with E-state index in [1.54, 1.807) is 24.5 Å². The van der Waals surface area contributed by atoms with Crippen molar-refractivity contribution in [2.45, 2.75) is 13.1 Å². The number of aromatic amines is 2. The SMILES string of the molecule is CN(C)Cc1cncc(-c2ccc3[nH]nc(-c4nc5c(-c6cc(F)cc(CNS(C)(=O)=O)c6)nccc5[nH]4)c3n2)c1. The molecule has 5 heterocycles. The normalized spacial score (nSPS) is 12.1. The predicted molar refractivity (Wildman–Crippen MR) is 154 cm³/mol. The van der Waals surface area contributed by atoms with Crippen LogP contribution in [-0.4, -0.2) is 68.8 Å². The Hall–Kier alpha value is -4.59. The topological polar surface area (TPSA) is 145 Å². The number of nitrogens with zero attached hydrogens (tertiary/aromatic N) is 6. The lowest BCUT2D eigenvalue weighted by Crippen LogP contribution is -2.21. The van der Waals surface area contributed by atoms with Crippen molar-refractivity contribution < 1.29 is 12.8 Å². The summed E-state index contributed by atoms with van der Waals surface area (Å²) < 4.78 is 40.0. The van der Waals surface area contributed by atoms with Crippen LogP contribution in [0.3, 0.4) is 0 Å². The van der Waals surface area contributed by atoms with Crippen molar-refractivity contribution in [2.24, 2.45) is 0 Å². The Labute approximate surface area is 235 Å². The minimum atomic E-state index is -3.44. The third-order valence-electron chi connectivity index (χ3n) is 6.39. The van der Waals surface area contributed by atoms with Gasteiger partial charge in [0, 0.05) is 42.8 Å². The van der Waals surface area contributed by atoms with Crippen LogP contribution in [0.2, 0.25) is 0 Å². The Morgan fingerprint density at radius 3 is 2.54 bits per heavy atom. The van der Waals surface area contributed by atoms with Crippen LogP contribution in [-0.2, 0) is 23.1 Å². The highest BCUT2D eigenvalue weighted by molar-refractivity contribution is 7.88. The number of halogens is 1. The van der Waals surface area contributed by atoms with Gasteiger partial charge in [0.25, 0.3) is 0 Å². The van der Waals surface area contributed by atoms with E-state index in [4.69, 9.17) is 9.97 Å². The summed E-state index contributed by atoms with van der Waals surface area (Å²) in [7, 11) is 0.571. The number of imidazole rings is 1. The molecular weight excluding hydrogens is 545 g/mol. The molecule has 0 fully saturated rings. The molecule has 0 saturated heterocycles. The molecular formula is C28H26FN9O2S. The van der Waals surface area contributed by atoms with Gasteiger partial charge in [0.1, 0.15) is 16.9 Å². The van der Waals surface area contributed by atoms with E-state index in [1.807, 2.05) is 32.4 Å². The zero-order valence-electron chi connectivity index (χ0n) is 22.5. The Balaban J connectivity index is 1.40. The fourth-order valence-electron chi connectivity index (χ4n) is 4.67. The van der Waals surface area contributed by atoms with Gasteiger partial charge in [0.2, 0.25) is 10.0 Å². The molecule has 41 heavy (non-hydrogen) atoms. The zero-order chi connectivity index (χ0) is 28.7. The number of fused-ring (bicyclic) bond motifs is 2. The van der Waals surface area contributed by atoms with E-state index >= 15 is 0 Å². The highest BCUT2D eigenvalue weighted by Gasteiger charge is 2.18. The summed E-state index contributed by atoms with van der Waals surface area (Å²) in [5.74, 6) is -0.0402. The molecule has 3 N–H and O–H groups in total. The van der Waals surface area contributed by atoms with Crippen LogP contribution in [0.15, 0.2) is 61.1 Å². The van der Waals surface area contributed by atoms with Crippen LogP contribution in [0, 0.1) is 5.82 Å². The first kappa shape index (κ1) is 26.6. The van der Waals surface area contributed by atoms with Crippen LogP contribution < -0.4 is 4.72 Å². The van der Waals surface area contributed by atoms with Crippen LogP contribution in [0.5, 0.6) is 0 Å². The van der Waals surface area contributed by atoms with Crippen molar-refractivity contribution in [3.8, 4) is 34.0 Å².